The zero-order valence-corrected chi connectivity index (χ0v) is 7.69. The van der Waals surface area contributed by atoms with Gasteiger partial charge in [-0.05, 0) is 12.3 Å². The van der Waals surface area contributed by atoms with Crippen molar-refractivity contribution in [2.45, 2.75) is 39.5 Å². The van der Waals surface area contributed by atoms with Crippen LogP contribution in [0.15, 0.2) is 0 Å². The average molecular weight is 174 g/mol. The molecule has 12 heavy (non-hydrogen) atoms. The first-order valence-electron chi connectivity index (χ1n) is 4.35. The molecular formula is C10H16F2. The van der Waals surface area contributed by atoms with Gasteiger partial charge in [0, 0.05) is 12.3 Å². The van der Waals surface area contributed by atoms with Gasteiger partial charge in [-0.2, -0.15) is 0 Å². The molecule has 0 saturated carbocycles. The Labute approximate surface area is 73.4 Å². The monoisotopic (exact) mass is 174 g/mol. The second-order valence-electron chi connectivity index (χ2n) is 3.17. The van der Waals surface area contributed by atoms with Gasteiger partial charge in [-0.25, -0.2) is 8.78 Å². The van der Waals surface area contributed by atoms with Gasteiger partial charge in [-0.1, -0.05) is 20.3 Å². The fourth-order valence-electron chi connectivity index (χ4n) is 1.33. The van der Waals surface area contributed by atoms with Crippen LogP contribution in [0.5, 0.6) is 0 Å². The summed E-state index contributed by atoms with van der Waals surface area (Å²) in [6, 6.07) is 0. The van der Waals surface area contributed by atoms with Crippen molar-refractivity contribution < 1.29 is 8.78 Å². The summed E-state index contributed by atoms with van der Waals surface area (Å²) >= 11 is 0. The van der Waals surface area contributed by atoms with E-state index < -0.39 is 12.3 Å². The third-order valence-electron chi connectivity index (χ3n) is 2.12. The Morgan fingerprint density at radius 2 is 2.00 bits per heavy atom. The highest BCUT2D eigenvalue weighted by Gasteiger charge is 2.24. The van der Waals surface area contributed by atoms with Crippen LogP contribution in [0.2, 0.25) is 0 Å². The lowest BCUT2D eigenvalue weighted by Gasteiger charge is -2.20. The molecule has 0 spiro atoms. The second kappa shape index (κ2) is 5.99. The molecule has 2 unspecified atom stereocenters. The van der Waals surface area contributed by atoms with E-state index in [2.05, 4.69) is 5.92 Å². The average Bonchev–Trinajstić information content (AvgIpc) is 1.99. The van der Waals surface area contributed by atoms with Gasteiger partial charge >= 0.3 is 0 Å². The molecule has 0 N–H and O–H groups in total. The van der Waals surface area contributed by atoms with Crippen molar-refractivity contribution in [2.24, 2.45) is 11.8 Å². The van der Waals surface area contributed by atoms with E-state index in [0.717, 1.165) is 6.42 Å². The van der Waals surface area contributed by atoms with E-state index in [4.69, 9.17) is 6.42 Å². The van der Waals surface area contributed by atoms with Gasteiger partial charge in [0.25, 0.3) is 0 Å². The predicted octanol–water partition coefficient (Wildman–Crippen LogP) is 3.33. The highest BCUT2D eigenvalue weighted by molar-refractivity contribution is 4.87. The third kappa shape index (κ3) is 3.71. The van der Waals surface area contributed by atoms with Crippen LogP contribution in [0.4, 0.5) is 8.78 Å². The molecule has 0 aromatic rings. The number of hydrogen-bond donors (Lipinski definition) is 0. The quantitative estimate of drug-likeness (QED) is 0.561. The van der Waals surface area contributed by atoms with Crippen molar-refractivity contribution in [1.82, 2.24) is 0 Å². The summed E-state index contributed by atoms with van der Waals surface area (Å²) in [5, 5.41) is 0. The Balaban J connectivity index is 4.01. The number of rotatable bonds is 5. The molecule has 0 radical (unpaired) electrons. The maximum absolute atomic E-state index is 12.4. The lowest BCUT2D eigenvalue weighted by Crippen LogP contribution is -2.19. The molecule has 0 heterocycles. The molecule has 0 aromatic heterocycles. The van der Waals surface area contributed by atoms with Crippen molar-refractivity contribution in [2.75, 3.05) is 0 Å². The minimum Gasteiger partial charge on any atom is -0.210 e. The number of terminal acetylenes is 1. The van der Waals surface area contributed by atoms with E-state index in [-0.39, 0.29) is 5.92 Å². The van der Waals surface area contributed by atoms with Crippen molar-refractivity contribution in [1.29, 1.82) is 0 Å². The standard InChI is InChI=1S/C10H16F2/c1-4-6-8(3)9(7-5-2)10(11)12/h1,8-10H,5-7H2,2-3H3. The van der Waals surface area contributed by atoms with Crippen molar-refractivity contribution in [3.8, 4) is 12.3 Å². The fraction of sp³-hybridized carbons (Fsp3) is 0.800. The van der Waals surface area contributed by atoms with Crippen LogP contribution in [0.3, 0.4) is 0 Å². The molecule has 0 fully saturated rings. The number of hydrogen-bond acceptors (Lipinski definition) is 0. The van der Waals surface area contributed by atoms with Crippen LogP contribution >= 0.6 is 0 Å². The van der Waals surface area contributed by atoms with Crippen molar-refractivity contribution >= 4 is 0 Å². The summed E-state index contributed by atoms with van der Waals surface area (Å²) < 4.78 is 24.8. The van der Waals surface area contributed by atoms with E-state index in [1.165, 1.54) is 0 Å². The van der Waals surface area contributed by atoms with Crippen LogP contribution in [-0.4, -0.2) is 6.43 Å². The Morgan fingerprint density at radius 1 is 1.42 bits per heavy atom. The summed E-state index contributed by atoms with van der Waals surface area (Å²) in [5.74, 6) is 1.85. The predicted molar refractivity (Wildman–Crippen MR) is 47.0 cm³/mol. The molecule has 2 atom stereocenters. The normalized spacial score (nSPS) is 15.7. The molecule has 0 bridgehead atoms. The lowest BCUT2D eigenvalue weighted by atomic mass is 9.88. The molecule has 0 aliphatic carbocycles. The van der Waals surface area contributed by atoms with Gasteiger partial charge < -0.3 is 0 Å². The highest BCUT2D eigenvalue weighted by atomic mass is 19.3. The van der Waals surface area contributed by atoms with Gasteiger partial charge in [-0.15, -0.1) is 12.3 Å². The first kappa shape index (κ1) is 11.4. The Hall–Kier alpha value is -0.580. The van der Waals surface area contributed by atoms with Gasteiger partial charge in [0.05, 0.1) is 0 Å². The van der Waals surface area contributed by atoms with Crippen LogP contribution in [-0.2, 0) is 0 Å². The first-order valence-corrected chi connectivity index (χ1v) is 4.35. The number of halogens is 2. The van der Waals surface area contributed by atoms with Crippen molar-refractivity contribution in [3.05, 3.63) is 0 Å². The molecule has 70 valence electrons. The van der Waals surface area contributed by atoms with E-state index in [1.54, 1.807) is 6.92 Å². The molecule has 0 aliphatic rings. The Bertz CT molecular complexity index is 146. The first-order chi connectivity index (χ1) is 5.63. The zero-order valence-electron chi connectivity index (χ0n) is 7.69. The maximum Gasteiger partial charge on any atom is 0.241 e. The molecule has 0 nitrogen and oxygen atoms in total. The Morgan fingerprint density at radius 3 is 2.33 bits per heavy atom. The maximum atomic E-state index is 12.4. The summed E-state index contributed by atoms with van der Waals surface area (Å²) in [5.41, 5.74) is 0. The van der Waals surface area contributed by atoms with Gasteiger partial charge in [-0.3, -0.25) is 0 Å². The molecule has 0 aromatic carbocycles. The number of alkyl halides is 2. The highest BCUT2D eigenvalue weighted by Crippen LogP contribution is 2.26. The molecule has 0 rings (SSSR count). The topological polar surface area (TPSA) is 0 Å². The van der Waals surface area contributed by atoms with E-state index in [9.17, 15) is 8.78 Å². The summed E-state index contributed by atoms with van der Waals surface area (Å²) in [6.45, 7) is 3.71. The van der Waals surface area contributed by atoms with E-state index >= 15 is 0 Å². The summed E-state index contributed by atoms with van der Waals surface area (Å²) in [7, 11) is 0. The third-order valence-corrected chi connectivity index (χ3v) is 2.12. The second-order valence-corrected chi connectivity index (χ2v) is 3.17. The van der Waals surface area contributed by atoms with Crippen LogP contribution in [0, 0.1) is 24.2 Å². The van der Waals surface area contributed by atoms with Crippen LogP contribution in [0.1, 0.15) is 33.1 Å². The van der Waals surface area contributed by atoms with E-state index in [0.29, 0.717) is 12.8 Å². The molecule has 0 saturated heterocycles. The minimum absolute atomic E-state index is 0.0602. The molecule has 0 amide bonds. The molecule has 2 heteroatoms. The van der Waals surface area contributed by atoms with Gasteiger partial charge in [0.2, 0.25) is 6.43 Å². The van der Waals surface area contributed by atoms with Gasteiger partial charge in [0.1, 0.15) is 0 Å². The smallest absolute Gasteiger partial charge is 0.210 e. The largest absolute Gasteiger partial charge is 0.241 e. The minimum atomic E-state index is -2.23. The van der Waals surface area contributed by atoms with Crippen LogP contribution in [0.25, 0.3) is 0 Å². The van der Waals surface area contributed by atoms with Crippen molar-refractivity contribution in [3.63, 3.8) is 0 Å². The summed E-state index contributed by atoms with van der Waals surface area (Å²) in [6.07, 6.45) is 4.66. The Kier molecular flexibility index (Phi) is 5.70. The van der Waals surface area contributed by atoms with Gasteiger partial charge in [0.15, 0.2) is 0 Å². The summed E-state index contributed by atoms with van der Waals surface area (Å²) in [4.78, 5) is 0. The zero-order chi connectivity index (χ0) is 9.56. The molecule has 0 aliphatic heterocycles. The van der Waals surface area contributed by atoms with Crippen LogP contribution < -0.4 is 0 Å². The fourth-order valence-corrected chi connectivity index (χ4v) is 1.33. The molecular weight excluding hydrogens is 158 g/mol. The van der Waals surface area contributed by atoms with E-state index in [1.807, 2.05) is 6.92 Å². The SMILES string of the molecule is C#CCC(C)C(CCC)C(F)F. The lowest BCUT2D eigenvalue weighted by molar-refractivity contribution is 0.0433.